The van der Waals surface area contributed by atoms with Crippen LogP contribution >= 0.6 is 0 Å². The second-order valence-corrected chi connectivity index (χ2v) is 7.13. The first kappa shape index (κ1) is 20.3. The zero-order valence-corrected chi connectivity index (χ0v) is 16.6. The molecular formula is C22H23N3O4. The molecule has 7 nitrogen and oxygen atoms in total. The molecule has 0 unspecified atom stereocenters. The highest BCUT2D eigenvalue weighted by Crippen LogP contribution is 2.16. The number of fused-ring (bicyclic) bond motifs is 1. The number of carbonyl (C=O) groups excluding carboxylic acids is 2. The second kappa shape index (κ2) is 8.68. The summed E-state index contributed by atoms with van der Waals surface area (Å²) < 4.78 is 6.51. The van der Waals surface area contributed by atoms with Gasteiger partial charge >= 0.3 is 5.97 Å². The van der Waals surface area contributed by atoms with E-state index in [0.29, 0.717) is 23.0 Å². The standard InChI is InChI=1S/C22H23N3O4/c1-14(2)13-23-20(26)15(3)29-22(28)19-17-11-7-8-12-18(17)21(27)25(24-19)16-9-5-4-6-10-16/h4-12,14-15H,13H2,1-3H3,(H,23,26)/t15-/m0/s1. The number of aromatic nitrogens is 2. The Kier molecular flexibility index (Phi) is 6.07. The lowest BCUT2D eigenvalue weighted by molar-refractivity contribution is -0.129. The molecule has 0 aliphatic carbocycles. The fraction of sp³-hybridized carbons (Fsp3) is 0.273. The molecule has 0 aliphatic rings. The van der Waals surface area contributed by atoms with Crippen molar-refractivity contribution >= 4 is 22.6 Å². The number of nitrogens with one attached hydrogen (secondary N) is 1. The number of rotatable bonds is 6. The highest BCUT2D eigenvalue weighted by molar-refractivity contribution is 6.03. The molecule has 1 atom stereocenters. The predicted molar refractivity (Wildman–Crippen MR) is 110 cm³/mol. The number of esters is 1. The molecule has 1 N–H and O–H groups in total. The minimum atomic E-state index is -0.987. The fourth-order valence-corrected chi connectivity index (χ4v) is 2.80. The Morgan fingerprint density at radius 1 is 1.00 bits per heavy atom. The van der Waals surface area contributed by atoms with E-state index in [-0.39, 0.29) is 23.1 Å². The number of para-hydroxylation sites is 1. The van der Waals surface area contributed by atoms with Gasteiger partial charge in [-0.1, -0.05) is 50.2 Å². The number of hydrogen-bond donors (Lipinski definition) is 1. The first-order valence-electron chi connectivity index (χ1n) is 9.44. The normalized spacial score (nSPS) is 12.0. The maximum atomic E-state index is 12.9. The Morgan fingerprint density at radius 2 is 1.62 bits per heavy atom. The molecule has 3 aromatic rings. The van der Waals surface area contributed by atoms with Gasteiger partial charge in [-0.2, -0.15) is 9.78 Å². The summed E-state index contributed by atoms with van der Waals surface area (Å²) in [6, 6.07) is 15.5. The zero-order valence-electron chi connectivity index (χ0n) is 16.6. The number of carbonyl (C=O) groups is 2. The van der Waals surface area contributed by atoms with Crippen LogP contribution < -0.4 is 10.9 Å². The van der Waals surface area contributed by atoms with Crippen LogP contribution in [0.5, 0.6) is 0 Å². The zero-order chi connectivity index (χ0) is 21.0. The summed E-state index contributed by atoms with van der Waals surface area (Å²) in [5, 5.41) is 7.71. The van der Waals surface area contributed by atoms with Gasteiger partial charge in [-0.05, 0) is 31.0 Å². The number of hydrogen-bond acceptors (Lipinski definition) is 5. The molecule has 2 aromatic carbocycles. The molecule has 150 valence electrons. The van der Waals surface area contributed by atoms with Crippen LogP contribution in [0.15, 0.2) is 59.4 Å². The van der Waals surface area contributed by atoms with Crippen LogP contribution in [-0.4, -0.2) is 34.3 Å². The van der Waals surface area contributed by atoms with Crippen LogP contribution in [-0.2, 0) is 9.53 Å². The predicted octanol–water partition coefficient (Wildman–Crippen LogP) is 2.70. The van der Waals surface area contributed by atoms with Gasteiger partial charge in [-0.3, -0.25) is 9.59 Å². The van der Waals surface area contributed by atoms with Crippen molar-refractivity contribution in [3.63, 3.8) is 0 Å². The van der Waals surface area contributed by atoms with E-state index in [9.17, 15) is 14.4 Å². The lowest BCUT2D eigenvalue weighted by Gasteiger charge is -2.15. The van der Waals surface area contributed by atoms with Crippen LogP contribution in [0, 0.1) is 5.92 Å². The van der Waals surface area contributed by atoms with Gasteiger partial charge in [0.1, 0.15) is 0 Å². The molecule has 1 heterocycles. The van der Waals surface area contributed by atoms with Gasteiger partial charge in [0.15, 0.2) is 11.8 Å². The number of benzene rings is 2. The molecule has 0 radical (unpaired) electrons. The Hall–Kier alpha value is -3.48. The molecule has 7 heteroatoms. The van der Waals surface area contributed by atoms with Crippen LogP contribution in [0.4, 0.5) is 0 Å². The average molecular weight is 393 g/mol. The van der Waals surface area contributed by atoms with Crippen LogP contribution in [0.25, 0.3) is 16.5 Å². The summed E-state index contributed by atoms with van der Waals surface area (Å²) in [5.74, 6) is -0.868. The minimum absolute atomic E-state index is 0.0208. The molecular weight excluding hydrogens is 370 g/mol. The van der Waals surface area contributed by atoms with Gasteiger partial charge < -0.3 is 10.1 Å². The molecule has 3 rings (SSSR count). The number of amides is 1. The summed E-state index contributed by atoms with van der Waals surface area (Å²) in [6.45, 7) is 5.93. The molecule has 1 aromatic heterocycles. The van der Waals surface area contributed by atoms with Crippen LogP contribution in [0.3, 0.4) is 0 Å². The molecule has 0 fully saturated rings. The van der Waals surface area contributed by atoms with Crippen molar-refractivity contribution in [3.8, 4) is 5.69 Å². The van der Waals surface area contributed by atoms with Crippen molar-refractivity contribution in [2.45, 2.75) is 26.9 Å². The molecule has 0 bridgehead atoms. The van der Waals surface area contributed by atoms with Gasteiger partial charge in [0.05, 0.1) is 11.1 Å². The van der Waals surface area contributed by atoms with Crippen molar-refractivity contribution in [2.24, 2.45) is 5.92 Å². The maximum Gasteiger partial charge on any atom is 0.360 e. The number of ether oxygens (including phenoxy) is 1. The Balaban J connectivity index is 1.98. The third-order valence-corrected chi connectivity index (χ3v) is 4.34. The second-order valence-electron chi connectivity index (χ2n) is 7.13. The van der Waals surface area contributed by atoms with Crippen LogP contribution in [0.1, 0.15) is 31.3 Å². The number of nitrogens with zero attached hydrogens (tertiary/aromatic N) is 2. The van der Waals surface area contributed by atoms with Crippen molar-refractivity contribution in [2.75, 3.05) is 6.54 Å². The highest BCUT2D eigenvalue weighted by atomic mass is 16.5. The van der Waals surface area contributed by atoms with Crippen molar-refractivity contribution in [1.29, 1.82) is 0 Å². The third kappa shape index (κ3) is 4.51. The average Bonchev–Trinajstić information content (AvgIpc) is 2.72. The lowest BCUT2D eigenvalue weighted by atomic mass is 10.1. The summed E-state index contributed by atoms with van der Waals surface area (Å²) in [6.07, 6.45) is -0.987. The SMILES string of the molecule is CC(C)CNC(=O)[C@H](C)OC(=O)c1nn(-c2ccccc2)c(=O)c2ccccc12. The smallest absolute Gasteiger partial charge is 0.360 e. The van der Waals surface area contributed by atoms with E-state index in [1.807, 2.05) is 19.9 Å². The quantitative estimate of drug-likeness (QED) is 0.651. The summed E-state index contributed by atoms with van der Waals surface area (Å²) in [7, 11) is 0. The minimum Gasteiger partial charge on any atom is -0.448 e. The molecule has 1 amide bonds. The van der Waals surface area contributed by atoms with E-state index in [1.165, 1.54) is 11.6 Å². The van der Waals surface area contributed by atoms with E-state index < -0.39 is 12.1 Å². The van der Waals surface area contributed by atoms with Gasteiger partial charge in [0.25, 0.3) is 11.5 Å². The van der Waals surface area contributed by atoms with Crippen molar-refractivity contribution in [3.05, 3.63) is 70.6 Å². The molecule has 0 aliphatic heterocycles. The summed E-state index contributed by atoms with van der Waals surface area (Å²) in [5.41, 5.74) is 0.165. The van der Waals surface area contributed by atoms with E-state index in [2.05, 4.69) is 10.4 Å². The Bertz CT molecular complexity index is 1090. The van der Waals surface area contributed by atoms with Crippen LogP contribution in [0.2, 0.25) is 0 Å². The summed E-state index contributed by atoms with van der Waals surface area (Å²) >= 11 is 0. The van der Waals surface area contributed by atoms with Gasteiger partial charge in [0, 0.05) is 11.9 Å². The van der Waals surface area contributed by atoms with Crippen molar-refractivity contribution in [1.82, 2.24) is 15.1 Å². The van der Waals surface area contributed by atoms with Gasteiger partial charge in [0.2, 0.25) is 0 Å². The fourth-order valence-electron chi connectivity index (χ4n) is 2.80. The molecule has 0 saturated heterocycles. The third-order valence-electron chi connectivity index (χ3n) is 4.34. The maximum absolute atomic E-state index is 12.9. The molecule has 29 heavy (non-hydrogen) atoms. The largest absolute Gasteiger partial charge is 0.448 e. The Labute approximate surface area is 168 Å². The molecule has 0 saturated carbocycles. The van der Waals surface area contributed by atoms with E-state index >= 15 is 0 Å². The molecule has 0 spiro atoms. The summed E-state index contributed by atoms with van der Waals surface area (Å²) in [4.78, 5) is 37.9. The first-order valence-corrected chi connectivity index (χ1v) is 9.44. The Morgan fingerprint density at radius 3 is 2.28 bits per heavy atom. The lowest BCUT2D eigenvalue weighted by Crippen LogP contribution is -2.38. The monoisotopic (exact) mass is 393 g/mol. The van der Waals surface area contributed by atoms with Gasteiger partial charge in [-0.15, -0.1) is 0 Å². The van der Waals surface area contributed by atoms with Gasteiger partial charge in [-0.25, -0.2) is 4.79 Å². The van der Waals surface area contributed by atoms with E-state index in [0.717, 1.165) is 0 Å². The van der Waals surface area contributed by atoms with E-state index in [4.69, 9.17) is 4.74 Å². The van der Waals surface area contributed by atoms with Crippen molar-refractivity contribution < 1.29 is 14.3 Å². The van der Waals surface area contributed by atoms with E-state index in [1.54, 1.807) is 48.5 Å². The first-order chi connectivity index (χ1) is 13.9. The topological polar surface area (TPSA) is 90.3 Å². The highest BCUT2D eigenvalue weighted by Gasteiger charge is 2.23.